The van der Waals surface area contributed by atoms with Crippen LogP contribution in [0.15, 0.2) is 12.3 Å². The Bertz CT molecular complexity index is 478. The molecule has 0 saturated heterocycles. The monoisotopic (exact) mass is 257 g/mol. The first kappa shape index (κ1) is 13.8. The van der Waals surface area contributed by atoms with Gasteiger partial charge in [0.2, 0.25) is 0 Å². The van der Waals surface area contributed by atoms with Crippen molar-refractivity contribution in [1.82, 2.24) is 4.98 Å². The summed E-state index contributed by atoms with van der Waals surface area (Å²) in [6, 6.07) is -0.331. The maximum atomic E-state index is 13.5. The SMILES string of the molecule is CC(C)[C@@H](Nc1ncc([N+](=O)[O-])cc1F)C(=O)O. The van der Waals surface area contributed by atoms with Crippen LogP contribution >= 0.6 is 0 Å². The van der Waals surface area contributed by atoms with Gasteiger partial charge in [-0.2, -0.15) is 0 Å². The number of carbonyl (C=O) groups is 1. The van der Waals surface area contributed by atoms with Crippen molar-refractivity contribution in [1.29, 1.82) is 0 Å². The number of pyridine rings is 1. The summed E-state index contributed by atoms with van der Waals surface area (Å²) in [6.07, 6.45) is 0.866. The highest BCUT2D eigenvalue weighted by Gasteiger charge is 2.23. The fraction of sp³-hybridized carbons (Fsp3) is 0.400. The van der Waals surface area contributed by atoms with Gasteiger partial charge in [-0.25, -0.2) is 14.2 Å². The van der Waals surface area contributed by atoms with Crippen LogP contribution in [0, 0.1) is 21.8 Å². The molecule has 0 fully saturated rings. The van der Waals surface area contributed by atoms with Gasteiger partial charge in [0.05, 0.1) is 11.0 Å². The standard InChI is InChI=1S/C10H12FN3O4/c1-5(2)8(10(15)16)13-9-7(11)3-6(4-12-9)14(17)18/h3-5,8H,1-2H3,(H,12,13)(H,15,16)/t8-/m1/s1. The van der Waals surface area contributed by atoms with E-state index in [0.717, 1.165) is 6.20 Å². The normalized spacial score (nSPS) is 12.2. The second kappa shape index (κ2) is 5.39. The topological polar surface area (TPSA) is 105 Å². The zero-order chi connectivity index (χ0) is 13.9. The summed E-state index contributed by atoms with van der Waals surface area (Å²) in [5, 5.41) is 21.7. The Labute approximate surface area is 102 Å². The van der Waals surface area contributed by atoms with Gasteiger partial charge in [0.25, 0.3) is 5.69 Å². The number of hydrogen-bond acceptors (Lipinski definition) is 5. The molecule has 0 aliphatic heterocycles. The molecule has 1 heterocycles. The molecule has 0 spiro atoms. The minimum atomic E-state index is -1.15. The van der Waals surface area contributed by atoms with Crippen LogP contribution in [0.25, 0.3) is 0 Å². The summed E-state index contributed by atoms with van der Waals surface area (Å²) in [6.45, 7) is 3.30. The highest BCUT2D eigenvalue weighted by Crippen LogP contribution is 2.19. The number of aromatic nitrogens is 1. The molecule has 1 aromatic heterocycles. The molecule has 0 bridgehead atoms. The average Bonchev–Trinajstić information content (AvgIpc) is 2.25. The molecule has 0 aromatic carbocycles. The van der Waals surface area contributed by atoms with E-state index in [-0.39, 0.29) is 11.7 Å². The third-order valence-electron chi connectivity index (χ3n) is 2.26. The highest BCUT2D eigenvalue weighted by molar-refractivity contribution is 5.77. The molecule has 1 aromatic rings. The Morgan fingerprint density at radius 3 is 2.61 bits per heavy atom. The maximum absolute atomic E-state index is 13.5. The van der Waals surface area contributed by atoms with Crippen LogP contribution in [0.4, 0.5) is 15.9 Å². The smallest absolute Gasteiger partial charge is 0.326 e. The molecule has 0 amide bonds. The van der Waals surface area contributed by atoms with Gasteiger partial charge < -0.3 is 10.4 Å². The van der Waals surface area contributed by atoms with Crippen molar-refractivity contribution in [2.75, 3.05) is 5.32 Å². The molecule has 8 heteroatoms. The summed E-state index contributed by atoms with van der Waals surface area (Å²) in [5.41, 5.74) is -0.491. The zero-order valence-electron chi connectivity index (χ0n) is 9.75. The molecule has 0 unspecified atom stereocenters. The average molecular weight is 257 g/mol. The van der Waals surface area contributed by atoms with Crippen LogP contribution in [0.2, 0.25) is 0 Å². The van der Waals surface area contributed by atoms with Crippen LogP contribution in [0.5, 0.6) is 0 Å². The first-order valence-electron chi connectivity index (χ1n) is 5.12. The number of hydrogen-bond donors (Lipinski definition) is 2. The summed E-state index contributed by atoms with van der Waals surface area (Å²) in [7, 11) is 0. The van der Waals surface area contributed by atoms with Crippen molar-refractivity contribution in [2.24, 2.45) is 5.92 Å². The van der Waals surface area contributed by atoms with Crippen molar-refractivity contribution in [3.63, 3.8) is 0 Å². The van der Waals surface area contributed by atoms with Crippen LogP contribution in [0.1, 0.15) is 13.8 Å². The van der Waals surface area contributed by atoms with E-state index in [2.05, 4.69) is 10.3 Å². The van der Waals surface area contributed by atoms with E-state index in [1.54, 1.807) is 13.8 Å². The molecule has 98 valence electrons. The van der Waals surface area contributed by atoms with Crippen molar-refractivity contribution in [3.8, 4) is 0 Å². The van der Waals surface area contributed by atoms with Crippen LogP contribution in [-0.2, 0) is 4.79 Å². The molecule has 0 radical (unpaired) electrons. The number of carboxylic acid groups (broad SMARTS) is 1. The first-order chi connectivity index (χ1) is 8.32. The van der Waals surface area contributed by atoms with Gasteiger partial charge >= 0.3 is 5.97 Å². The summed E-state index contributed by atoms with van der Waals surface area (Å²) in [5.74, 6) is -2.72. The Hall–Kier alpha value is -2.25. The van der Waals surface area contributed by atoms with Gasteiger partial charge in [0.1, 0.15) is 12.2 Å². The van der Waals surface area contributed by atoms with Gasteiger partial charge in [-0.15, -0.1) is 0 Å². The fourth-order valence-electron chi connectivity index (χ4n) is 1.29. The third kappa shape index (κ3) is 3.12. The molecule has 18 heavy (non-hydrogen) atoms. The molecule has 7 nitrogen and oxygen atoms in total. The van der Waals surface area contributed by atoms with E-state index >= 15 is 0 Å². The largest absolute Gasteiger partial charge is 0.480 e. The van der Waals surface area contributed by atoms with Gasteiger partial charge in [0, 0.05) is 0 Å². The van der Waals surface area contributed by atoms with E-state index in [1.165, 1.54) is 0 Å². The minimum Gasteiger partial charge on any atom is -0.480 e. The molecule has 0 saturated carbocycles. The number of carboxylic acids is 1. The lowest BCUT2D eigenvalue weighted by Gasteiger charge is -2.18. The highest BCUT2D eigenvalue weighted by atomic mass is 19.1. The Morgan fingerprint density at radius 1 is 1.61 bits per heavy atom. The number of nitro groups is 1. The maximum Gasteiger partial charge on any atom is 0.326 e. The van der Waals surface area contributed by atoms with E-state index in [9.17, 15) is 19.3 Å². The van der Waals surface area contributed by atoms with E-state index in [4.69, 9.17) is 5.11 Å². The zero-order valence-corrected chi connectivity index (χ0v) is 9.75. The van der Waals surface area contributed by atoms with Crippen LogP contribution in [0.3, 0.4) is 0 Å². The molecule has 0 aliphatic rings. The molecule has 1 rings (SSSR count). The minimum absolute atomic E-state index is 0.293. The summed E-state index contributed by atoms with van der Waals surface area (Å²) < 4.78 is 13.5. The first-order valence-corrected chi connectivity index (χ1v) is 5.12. The van der Waals surface area contributed by atoms with E-state index < -0.39 is 28.4 Å². The van der Waals surface area contributed by atoms with Crippen molar-refractivity contribution < 1.29 is 19.2 Å². The lowest BCUT2D eigenvalue weighted by molar-refractivity contribution is -0.385. The summed E-state index contributed by atoms with van der Waals surface area (Å²) in [4.78, 5) is 24.0. The number of anilines is 1. The van der Waals surface area contributed by atoms with Gasteiger partial charge in [-0.3, -0.25) is 10.1 Å². The van der Waals surface area contributed by atoms with Gasteiger partial charge in [-0.05, 0) is 5.92 Å². The van der Waals surface area contributed by atoms with Gasteiger partial charge in [0.15, 0.2) is 11.6 Å². The molecular formula is C10H12FN3O4. The van der Waals surface area contributed by atoms with E-state index in [1.807, 2.05) is 0 Å². The predicted molar refractivity (Wildman–Crippen MR) is 60.7 cm³/mol. The molecule has 0 aliphatic carbocycles. The van der Waals surface area contributed by atoms with Crippen molar-refractivity contribution in [3.05, 3.63) is 28.2 Å². The number of rotatable bonds is 5. The Balaban J connectivity index is 2.97. The predicted octanol–water partition coefficient (Wildman–Crippen LogP) is 1.65. The van der Waals surface area contributed by atoms with Crippen molar-refractivity contribution in [2.45, 2.75) is 19.9 Å². The second-order valence-corrected chi connectivity index (χ2v) is 3.99. The fourth-order valence-corrected chi connectivity index (χ4v) is 1.29. The lowest BCUT2D eigenvalue weighted by atomic mass is 10.1. The number of halogens is 1. The molecular weight excluding hydrogens is 245 g/mol. The van der Waals surface area contributed by atoms with Gasteiger partial charge in [-0.1, -0.05) is 13.8 Å². The van der Waals surface area contributed by atoms with Crippen LogP contribution in [-0.4, -0.2) is 27.0 Å². The Kier molecular flexibility index (Phi) is 4.13. The quantitative estimate of drug-likeness (QED) is 0.613. The van der Waals surface area contributed by atoms with E-state index in [0.29, 0.717) is 6.07 Å². The number of nitrogens with zero attached hydrogens (tertiary/aromatic N) is 2. The number of nitrogens with one attached hydrogen (secondary N) is 1. The third-order valence-corrected chi connectivity index (χ3v) is 2.26. The lowest BCUT2D eigenvalue weighted by Crippen LogP contribution is -2.34. The molecule has 2 N–H and O–H groups in total. The second-order valence-electron chi connectivity index (χ2n) is 3.99. The molecule has 1 atom stereocenters. The van der Waals surface area contributed by atoms with Crippen molar-refractivity contribution >= 4 is 17.5 Å². The number of aliphatic carboxylic acids is 1. The van der Waals surface area contributed by atoms with Crippen LogP contribution < -0.4 is 5.32 Å². The Morgan fingerprint density at radius 2 is 2.22 bits per heavy atom. The summed E-state index contributed by atoms with van der Waals surface area (Å²) >= 11 is 0.